The summed E-state index contributed by atoms with van der Waals surface area (Å²) in [7, 11) is 0. The molecular weight excluding hydrogens is 329 g/mol. The van der Waals surface area contributed by atoms with Crippen molar-refractivity contribution < 1.29 is 9.18 Å². The van der Waals surface area contributed by atoms with Crippen molar-refractivity contribution in [1.29, 1.82) is 0 Å². The summed E-state index contributed by atoms with van der Waals surface area (Å²) in [4.78, 5) is 24.8. The molecule has 2 N–H and O–H groups in total. The summed E-state index contributed by atoms with van der Waals surface area (Å²) in [5.74, 6) is 0.204. The number of hydrogen-bond acceptors (Lipinski definition) is 6. The molecular formula is C16H14FN5OS. The van der Waals surface area contributed by atoms with E-state index < -0.39 is 5.91 Å². The van der Waals surface area contributed by atoms with E-state index in [0.29, 0.717) is 22.3 Å². The van der Waals surface area contributed by atoms with Gasteiger partial charge in [0.15, 0.2) is 5.69 Å². The van der Waals surface area contributed by atoms with Gasteiger partial charge in [0.1, 0.15) is 22.5 Å². The third-order valence-electron chi connectivity index (χ3n) is 3.05. The third-order valence-corrected chi connectivity index (χ3v) is 3.94. The Bertz CT molecular complexity index is 896. The third kappa shape index (κ3) is 3.72. The van der Waals surface area contributed by atoms with Crippen LogP contribution < -0.4 is 10.6 Å². The molecule has 24 heavy (non-hydrogen) atoms. The average molecular weight is 343 g/mol. The number of carbonyl (C=O) groups excluding carboxylic acids is 1. The molecule has 0 fully saturated rings. The first-order chi connectivity index (χ1) is 11.5. The lowest BCUT2D eigenvalue weighted by Crippen LogP contribution is -2.15. The van der Waals surface area contributed by atoms with Gasteiger partial charge in [-0.3, -0.25) is 4.79 Å². The number of anilines is 3. The number of aryl methyl sites for hydroxylation is 2. The number of nitrogens with zero attached hydrogens (tertiary/aromatic N) is 3. The highest BCUT2D eigenvalue weighted by Crippen LogP contribution is 2.28. The Morgan fingerprint density at radius 1 is 1.21 bits per heavy atom. The van der Waals surface area contributed by atoms with Crippen LogP contribution >= 0.6 is 11.3 Å². The van der Waals surface area contributed by atoms with Crippen LogP contribution in [-0.4, -0.2) is 20.9 Å². The van der Waals surface area contributed by atoms with Gasteiger partial charge in [-0.05, 0) is 38.1 Å². The molecule has 3 rings (SSSR count). The highest BCUT2D eigenvalue weighted by Gasteiger charge is 2.18. The van der Waals surface area contributed by atoms with Crippen LogP contribution in [0.4, 0.5) is 20.9 Å². The number of benzene rings is 1. The molecule has 0 atom stereocenters. The van der Waals surface area contributed by atoms with Crippen LogP contribution in [0.3, 0.4) is 0 Å². The van der Waals surface area contributed by atoms with Gasteiger partial charge >= 0.3 is 0 Å². The molecule has 0 aliphatic heterocycles. The summed E-state index contributed by atoms with van der Waals surface area (Å²) in [6.07, 6.45) is 1.57. The van der Waals surface area contributed by atoms with Crippen LogP contribution in [0, 0.1) is 19.7 Å². The second-order valence-electron chi connectivity index (χ2n) is 4.99. The van der Waals surface area contributed by atoms with Gasteiger partial charge in [0, 0.05) is 11.9 Å². The second kappa shape index (κ2) is 6.71. The number of amides is 1. The van der Waals surface area contributed by atoms with Crippen LogP contribution in [0.15, 0.2) is 36.5 Å². The second-order valence-corrected chi connectivity index (χ2v) is 6.19. The van der Waals surface area contributed by atoms with Gasteiger partial charge in [-0.2, -0.15) is 0 Å². The zero-order chi connectivity index (χ0) is 17.1. The maximum Gasteiger partial charge on any atom is 0.278 e. The number of aromatic nitrogens is 3. The van der Waals surface area contributed by atoms with E-state index in [9.17, 15) is 9.18 Å². The van der Waals surface area contributed by atoms with Crippen LogP contribution in [0.25, 0.3) is 0 Å². The van der Waals surface area contributed by atoms with Crippen LogP contribution in [0.1, 0.15) is 21.3 Å². The van der Waals surface area contributed by atoms with E-state index in [-0.39, 0.29) is 11.5 Å². The molecule has 2 heterocycles. The quantitative estimate of drug-likeness (QED) is 0.755. The van der Waals surface area contributed by atoms with Gasteiger partial charge in [0.05, 0.1) is 5.01 Å². The van der Waals surface area contributed by atoms with Crippen molar-refractivity contribution in [3.8, 4) is 0 Å². The van der Waals surface area contributed by atoms with Crippen molar-refractivity contribution in [3.63, 3.8) is 0 Å². The Morgan fingerprint density at radius 3 is 2.79 bits per heavy atom. The Balaban J connectivity index is 1.84. The summed E-state index contributed by atoms with van der Waals surface area (Å²) >= 11 is 1.32. The highest BCUT2D eigenvalue weighted by atomic mass is 32.1. The van der Waals surface area contributed by atoms with E-state index in [2.05, 4.69) is 25.6 Å². The molecule has 1 aromatic carbocycles. The number of rotatable bonds is 4. The maximum absolute atomic E-state index is 13.3. The summed E-state index contributed by atoms with van der Waals surface area (Å²) in [6.45, 7) is 3.53. The molecule has 2 aromatic heterocycles. The van der Waals surface area contributed by atoms with Crippen molar-refractivity contribution in [2.24, 2.45) is 0 Å². The van der Waals surface area contributed by atoms with Crippen molar-refractivity contribution in [1.82, 2.24) is 15.0 Å². The fourth-order valence-electron chi connectivity index (χ4n) is 2.06. The number of hydrogen-bond donors (Lipinski definition) is 2. The lowest BCUT2D eigenvalue weighted by molar-refractivity contribution is 0.102. The molecule has 0 unspecified atom stereocenters. The largest absolute Gasteiger partial charge is 0.345 e. The minimum atomic E-state index is -0.392. The Hall–Kier alpha value is -2.87. The Morgan fingerprint density at radius 2 is 2.04 bits per heavy atom. The van der Waals surface area contributed by atoms with Crippen molar-refractivity contribution in [2.45, 2.75) is 13.8 Å². The lowest BCUT2D eigenvalue weighted by atomic mass is 10.3. The molecule has 0 aliphatic rings. The van der Waals surface area contributed by atoms with Gasteiger partial charge < -0.3 is 10.6 Å². The van der Waals surface area contributed by atoms with E-state index in [4.69, 9.17) is 0 Å². The first-order valence-corrected chi connectivity index (χ1v) is 7.94. The van der Waals surface area contributed by atoms with Gasteiger partial charge in [-0.1, -0.05) is 6.07 Å². The van der Waals surface area contributed by atoms with Gasteiger partial charge in [0.25, 0.3) is 5.91 Å². The van der Waals surface area contributed by atoms with E-state index in [1.165, 1.54) is 23.5 Å². The fraction of sp³-hybridized carbons (Fsp3) is 0.125. The lowest BCUT2D eigenvalue weighted by Gasteiger charge is -2.07. The predicted octanol–water partition coefficient (Wildman–Crippen LogP) is 3.68. The van der Waals surface area contributed by atoms with Crippen LogP contribution in [0.2, 0.25) is 0 Å². The smallest absolute Gasteiger partial charge is 0.278 e. The Labute approximate surface area is 141 Å². The van der Waals surface area contributed by atoms with Gasteiger partial charge in [-0.15, -0.1) is 11.3 Å². The van der Waals surface area contributed by atoms with Gasteiger partial charge in [-0.25, -0.2) is 19.3 Å². The van der Waals surface area contributed by atoms with Crippen molar-refractivity contribution in [2.75, 3.05) is 10.6 Å². The van der Waals surface area contributed by atoms with Crippen LogP contribution in [0.5, 0.6) is 0 Å². The first-order valence-electron chi connectivity index (χ1n) is 7.12. The van der Waals surface area contributed by atoms with Crippen molar-refractivity contribution in [3.05, 3.63) is 58.9 Å². The average Bonchev–Trinajstić information content (AvgIpc) is 2.88. The molecule has 0 aliphatic carbocycles. The SMILES string of the molecule is Cc1nccc(NC(=O)c2nc(C)sc2Nc2cccc(F)c2)n1. The summed E-state index contributed by atoms with van der Waals surface area (Å²) in [5.41, 5.74) is 0.781. The first kappa shape index (κ1) is 16.0. The standard InChI is InChI=1S/C16H14FN5OS/c1-9-18-7-6-13(19-9)22-15(23)14-16(24-10(2)20-14)21-12-5-3-4-11(17)8-12/h3-8,21H,1-2H3,(H,18,19,22,23). The number of carbonyl (C=O) groups is 1. The predicted molar refractivity (Wildman–Crippen MR) is 91.3 cm³/mol. The normalized spacial score (nSPS) is 10.5. The number of halogens is 1. The summed E-state index contributed by atoms with van der Waals surface area (Å²) in [6, 6.07) is 7.62. The molecule has 0 spiro atoms. The fourth-order valence-corrected chi connectivity index (χ4v) is 2.90. The molecule has 0 saturated carbocycles. The zero-order valence-corrected chi connectivity index (χ0v) is 13.8. The molecule has 3 aromatic rings. The number of nitrogens with one attached hydrogen (secondary N) is 2. The van der Waals surface area contributed by atoms with Gasteiger partial charge in [0.2, 0.25) is 0 Å². The molecule has 1 amide bonds. The topological polar surface area (TPSA) is 79.8 Å². The minimum absolute atomic E-state index is 0.234. The van der Waals surface area contributed by atoms with Crippen LogP contribution in [-0.2, 0) is 0 Å². The molecule has 0 saturated heterocycles. The van der Waals surface area contributed by atoms with E-state index in [1.807, 2.05) is 0 Å². The minimum Gasteiger partial charge on any atom is -0.345 e. The zero-order valence-electron chi connectivity index (χ0n) is 13.0. The highest BCUT2D eigenvalue weighted by molar-refractivity contribution is 7.16. The number of thiazole rings is 1. The van der Waals surface area contributed by atoms with Crippen molar-refractivity contribution >= 4 is 33.8 Å². The summed E-state index contributed by atoms with van der Waals surface area (Å²) in [5, 5.41) is 6.99. The molecule has 0 radical (unpaired) electrons. The monoisotopic (exact) mass is 343 g/mol. The molecule has 122 valence electrons. The Kier molecular flexibility index (Phi) is 4.48. The summed E-state index contributed by atoms with van der Waals surface area (Å²) < 4.78 is 13.3. The van der Waals surface area contributed by atoms with E-state index in [0.717, 1.165) is 5.01 Å². The molecule has 8 heteroatoms. The molecule has 0 bridgehead atoms. The van der Waals surface area contributed by atoms with E-state index >= 15 is 0 Å². The van der Waals surface area contributed by atoms with E-state index in [1.54, 1.807) is 38.2 Å². The molecule has 6 nitrogen and oxygen atoms in total. The maximum atomic E-state index is 13.3.